The molecule has 0 saturated carbocycles. The van der Waals surface area contributed by atoms with Gasteiger partial charge in [-0.2, -0.15) is 0 Å². The summed E-state index contributed by atoms with van der Waals surface area (Å²) in [5.74, 6) is 0. The molecule has 2 amide bonds. The molecule has 2 N–H and O–H groups in total. The molecule has 1 rings (SSSR count). The van der Waals surface area contributed by atoms with E-state index in [0.29, 0.717) is 5.69 Å². The number of carbonyl (C=O) groups is 2. The molecule has 1 aromatic rings. The van der Waals surface area contributed by atoms with Crippen molar-refractivity contribution in [1.29, 1.82) is 0 Å². The number of para-hydroxylation sites is 1. The number of halogens is 1. The van der Waals surface area contributed by atoms with Crippen molar-refractivity contribution in [2.24, 2.45) is 0 Å². The first-order chi connectivity index (χ1) is 8.08. The number of anilines is 2. The molecular formula is C10H11ClN2O4. The highest BCUT2D eigenvalue weighted by Crippen LogP contribution is 2.30. The maximum atomic E-state index is 11.1. The molecule has 7 heteroatoms. The van der Waals surface area contributed by atoms with Crippen molar-refractivity contribution < 1.29 is 19.1 Å². The van der Waals surface area contributed by atoms with Crippen LogP contribution in [-0.4, -0.2) is 26.4 Å². The Bertz CT molecular complexity index is 436. The number of ether oxygens (including phenoxy) is 2. The fraction of sp³-hybridized carbons (Fsp3) is 0.200. The zero-order chi connectivity index (χ0) is 12.8. The molecule has 0 unspecified atom stereocenters. The smallest absolute Gasteiger partial charge is 0.411 e. The van der Waals surface area contributed by atoms with Gasteiger partial charge < -0.3 is 9.47 Å². The van der Waals surface area contributed by atoms with Crippen molar-refractivity contribution in [2.45, 2.75) is 0 Å². The van der Waals surface area contributed by atoms with Crippen LogP contribution in [0.5, 0.6) is 0 Å². The van der Waals surface area contributed by atoms with E-state index in [-0.39, 0.29) is 10.7 Å². The second-order valence-electron chi connectivity index (χ2n) is 2.90. The molecule has 0 atom stereocenters. The van der Waals surface area contributed by atoms with Crippen LogP contribution in [0.15, 0.2) is 18.2 Å². The Morgan fingerprint density at radius 1 is 1.12 bits per heavy atom. The van der Waals surface area contributed by atoms with E-state index in [9.17, 15) is 9.59 Å². The number of benzene rings is 1. The van der Waals surface area contributed by atoms with E-state index in [1.54, 1.807) is 18.2 Å². The van der Waals surface area contributed by atoms with Gasteiger partial charge in [0.25, 0.3) is 0 Å². The predicted octanol–water partition coefficient (Wildman–Crippen LogP) is 2.70. The van der Waals surface area contributed by atoms with Crippen molar-refractivity contribution >= 4 is 35.2 Å². The average molecular weight is 259 g/mol. The van der Waals surface area contributed by atoms with Gasteiger partial charge in [-0.3, -0.25) is 10.6 Å². The standard InChI is InChI=1S/C10H11ClN2O4/c1-16-9(14)12-7-5-3-4-6(11)8(7)13-10(15)17-2/h3-5H,1-2H3,(H,12,14)(H,13,15). The molecule has 17 heavy (non-hydrogen) atoms. The lowest BCUT2D eigenvalue weighted by atomic mass is 10.2. The summed E-state index contributed by atoms with van der Waals surface area (Å²) in [6.45, 7) is 0. The number of hydrogen-bond acceptors (Lipinski definition) is 4. The van der Waals surface area contributed by atoms with Gasteiger partial charge in [0.05, 0.1) is 30.6 Å². The summed E-state index contributed by atoms with van der Waals surface area (Å²) in [6, 6.07) is 4.75. The molecular weight excluding hydrogens is 248 g/mol. The zero-order valence-electron chi connectivity index (χ0n) is 9.24. The molecule has 0 radical (unpaired) electrons. The van der Waals surface area contributed by atoms with Crippen LogP contribution in [0.25, 0.3) is 0 Å². The molecule has 0 aromatic heterocycles. The lowest BCUT2D eigenvalue weighted by Gasteiger charge is -2.12. The fourth-order valence-electron chi connectivity index (χ4n) is 1.07. The van der Waals surface area contributed by atoms with E-state index in [0.717, 1.165) is 0 Å². The van der Waals surface area contributed by atoms with Gasteiger partial charge in [0.1, 0.15) is 0 Å². The van der Waals surface area contributed by atoms with Crippen LogP contribution >= 0.6 is 11.6 Å². The Hall–Kier alpha value is -1.95. The lowest BCUT2D eigenvalue weighted by molar-refractivity contribution is 0.185. The molecule has 0 aliphatic rings. The Morgan fingerprint density at radius 2 is 1.71 bits per heavy atom. The molecule has 6 nitrogen and oxygen atoms in total. The molecule has 0 fully saturated rings. The second kappa shape index (κ2) is 5.95. The van der Waals surface area contributed by atoms with Crippen LogP contribution in [0.3, 0.4) is 0 Å². The van der Waals surface area contributed by atoms with Crippen LogP contribution in [0.2, 0.25) is 5.02 Å². The van der Waals surface area contributed by atoms with Crippen molar-refractivity contribution in [3.8, 4) is 0 Å². The SMILES string of the molecule is COC(=O)Nc1cccc(Cl)c1NC(=O)OC. The van der Waals surface area contributed by atoms with E-state index in [1.165, 1.54) is 14.2 Å². The van der Waals surface area contributed by atoms with Gasteiger partial charge in [-0.15, -0.1) is 0 Å². The summed E-state index contributed by atoms with van der Waals surface area (Å²) in [5.41, 5.74) is 0.557. The summed E-state index contributed by atoms with van der Waals surface area (Å²) >= 11 is 5.89. The third-order valence-corrected chi connectivity index (χ3v) is 2.16. The van der Waals surface area contributed by atoms with E-state index >= 15 is 0 Å². The number of methoxy groups -OCH3 is 2. The van der Waals surface area contributed by atoms with Crippen LogP contribution < -0.4 is 10.6 Å². The van der Waals surface area contributed by atoms with E-state index in [4.69, 9.17) is 11.6 Å². The van der Waals surface area contributed by atoms with Crippen molar-refractivity contribution in [2.75, 3.05) is 24.9 Å². The Kier molecular flexibility index (Phi) is 4.59. The first-order valence-corrected chi connectivity index (χ1v) is 4.94. The number of hydrogen-bond donors (Lipinski definition) is 2. The lowest BCUT2D eigenvalue weighted by Crippen LogP contribution is -2.16. The van der Waals surface area contributed by atoms with Gasteiger partial charge in [0, 0.05) is 0 Å². The van der Waals surface area contributed by atoms with Crippen molar-refractivity contribution in [3.05, 3.63) is 23.2 Å². The maximum Gasteiger partial charge on any atom is 0.411 e. The third kappa shape index (κ3) is 3.53. The maximum absolute atomic E-state index is 11.1. The van der Waals surface area contributed by atoms with Crippen LogP contribution in [0.4, 0.5) is 21.0 Å². The summed E-state index contributed by atoms with van der Waals surface area (Å²) < 4.78 is 8.89. The topological polar surface area (TPSA) is 76.7 Å². The summed E-state index contributed by atoms with van der Waals surface area (Å²) in [6.07, 6.45) is -1.36. The van der Waals surface area contributed by atoms with E-state index < -0.39 is 12.2 Å². The molecule has 1 aromatic carbocycles. The fourth-order valence-corrected chi connectivity index (χ4v) is 1.29. The van der Waals surface area contributed by atoms with Crippen LogP contribution in [0, 0.1) is 0 Å². The van der Waals surface area contributed by atoms with Gasteiger partial charge in [-0.1, -0.05) is 17.7 Å². The monoisotopic (exact) mass is 258 g/mol. The first kappa shape index (κ1) is 13.1. The summed E-state index contributed by atoms with van der Waals surface area (Å²) in [4.78, 5) is 22.2. The minimum absolute atomic E-state index is 0.242. The molecule has 0 saturated heterocycles. The van der Waals surface area contributed by atoms with Gasteiger partial charge >= 0.3 is 12.2 Å². The van der Waals surface area contributed by atoms with Crippen molar-refractivity contribution in [3.63, 3.8) is 0 Å². The quantitative estimate of drug-likeness (QED) is 0.855. The van der Waals surface area contributed by atoms with Crippen LogP contribution in [-0.2, 0) is 9.47 Å². The number of amides is 2. The Morgan fingerprint density at radius 3 is 2.29 bits per heavy atom. The van der Waals surface area contributed by atoms with E-state index in [2.05, 4.69) is 20.1 Å². The van der Waals surface area contributed by atoms with Gasteiger partial charge in [0.2, 0.25) is 0 Å². The minimum Gasteiger partial charge on any atom is -0.453 e. The number of carbonyl (C=O) groups excluding carboxylic acids is 2. The highest BCUT2D eigenvalue weighted by molar-refractivity contribution is 6.34. The van der Waals surface area contributed by atoms with Gasteiger partial charge in [-0.05, 0) is 12.1 Å². The normalized spacial score (nSPS) is 9.35. The average Bonchev–Trinajstić information content (AvgIpc) is 2.33. The van der Waals surface area contributed by atoms with Gasteiger partial charge in [-0.25, -0.2) is 9.59 Å². The highest BCUT2D eigenvalue weighted by Gasteiger charge is 2.12. The number of nitrogens with one attached hydrogen (secondary N) is 2. The largest absolute Gasteiger partial charge is 0.453 e. The summed E-state index contributed by atoms with van der Waals surface area (Å²) in [5, 5.41) is 5.08. The van der Waals surface area contributed by atoms with Crippen molar-refractivity contribution in [1.82, 2.24) is 0 Å². The molecule has 0 aliphatic heterocycles. The molecule has 0 spiro atoms. The van der Waals surface area contributed by atoms with Gasteiger partial charge in [0.15, 0.2) is 0 Å². The number of rotatable bonds is 2. The molecule has 92 valence electrons. The zero-order valence-corrected chi connectivity index (χ0v) is 10.00. The van der Waals surface area contributed by atoms with Crippen LogP contribution in [0.1, 0.15) is 0 Å². The molecule has 0 heterocycles. The van der Waals surface area contributed by atoms with E-state index in [1.807, 2.05) is 0 Å². The second-order valence-corrected chi connectivity index (χ2v) is 3.30. The minimum atomic E-state index is -0.689. The Balaban J connectivity index is 2.99. The molecule has 0 aliphatic carbocycles. The summed E-state index contributed by atoms with van der Waals surface area (Å²) in [7, 11) is 2.45. The Labute approximate surface area is 103 Å². The first-order valence-electron chi connectivity index (χ1n) is 4.57. The highest BCUT2D eigenvalue weighted by atomic mass is 35.5. The molecule has 0 bridgehead atoms. The third-order valence-electron chi connectivity index (χ3n) is 1.85. The predicted molar refractivity (Wildman–Crippen MR) is 63.5 cm³/mol.